The van der Waals surface area contributed by atoms with Gasteiger partial charge >= 0.3 is 0 Å². The number of amides is 1. The Bertz CT molecular complexity index is 700. The maximum atomic E-state index is 11.6. The van der Waals surface area contributed by atoms with Crippen molar-refractivity contribution < 1.29 is 14.6 Å². The lowest BCUT2D eigenvalue weighted by Gasteiger charge is -2.23. The van der Waals surface area contributed by atoms with E-state index in [1.54, 1.807) is 12.1 Å². The maximum Gasteiger partial charge on any atom is 0.253 e. The highest BCUT2D eigenvalue weighted by Gasteiger charge is 2.32. The van der Waals surface area contributed by atoms with Gasteiger partial charge in [-0.15, -0.1) is 0 Å². The molecule has 2 rings (SSSR count). The number of nitrogens with two attached hydrogens (primary N) is 1. The zero-order valence-electron chi connectivity index (χ0n) is 14.5. The number of aliphatic hydroxyl groups is 1. The Morgan fingerprint density at radius 1 is 1.04 bits per heavy atom. The highest BCUT2D eigenvalue weighted by atomic mass is 16.5. The third-order valence-corrected chi connectivity index (χ3v) is 4.33. The molecule has 0 radical (unpaired) electrons. The first-order valence-electron chi connectivity index (χ1n) is 8.26. The number of hydrogen-bond donors (Lipinski definition) is 2. The number of hydrogen-bond acceptors (Lipinski definition) is 3. The molecule has 0 bridgehead atoms. The lowest BCUT2D eigenvalue weighted by Crippen LogP contribution is -2.39. The van der Waals surface area contributed by atoms with Gasteiger partial charge in [-0.3, -0.25) is 4.79 Å². The molecule has 0 fully saturated rings. The first-order valence-corrected chi connectivity index (χ1v) is 8.26. The minimum Gasteiger partial charge on any atom is -0.488 e. The van der Waals surface area contributed by atoms with Crippen molar-refractivity contribution in [1.82, 2.24) is 0 Å². The van der Waals surface area contributed by atoms with E-state index >= 15 is 0 Å². The summed E-state index contributed by atoms with van der Waals surface area (Å²) >= 11 is 0. The molecule has 0 heterocycles. The Morgan fingerprint density at radius 2 is 1.58 bits per heavy atom. The molecule has 4 nitrogen and oxygen atoms in total. The predicted molar refractivity (Wildman–Crippen MR) is 94.7 cm³/mol. The molecular formula is C20H25NO3. The van der Waals surface area contributed by atoms with E-state index in [9.17, 15) is 9.90 Å². The van der Waals surface area contributed by atoms with Crippen LogP contribution in [0.4, 0.5) is 0 Å². The first-order chi connectivity index (χ1) is 11.4. The van der Waals surface area contributed by atoms with Gasteiger partial charge in [-0.05, 0) is 42.0 Å². The zero-order chi connectivity index (χ0) is 17.7. The van der Waals surface area contributed by atoms with Crippen LogP contribution in [0.3, 0.4) is 0 Å². The third-order valence-electron chi connectivity index (χ3n) is 4.33. The van der Waals surface area contributed by atoms with E-state index < -0.39 is 11.5 Å². The van der Waals surface area contributed by atoms with Crippen molar-refractivity contribution in [2.24, 2.45) is 5.73 Å². The van der Waals surface area contributed by atoms with E-state index in [1.807, 2.05) is 18.2 Å². The first kappa shape index (κ1) is 18.0. The van der Waals surface area contributed by atoms with Crippen LogP contribution in [0.5, 0.6) is 5.75 Å². The number of aryl methyl sites for hydroxylation is 2. The van der Waals surface area contributed by atoms with E-state index in [2.05, 4.69) is 26.0 Å². The lowest BCUT2D eigenvalue weighted by molar-refractivity contribution is -0.135. The molecule has 3 N–H and O–H groups in total. The molecule has 2 aromatic rings. The number of primary amides is 1. The van der Waals surface area contributed by atoms with Gasteiger partial charge in [-0.25, -0.2) is 0 Å². The van der Waals surface area contributed by atoms with Crippen molar-refractivity contribution in [1.29, 1.82) is 0 Å². The Morgan fingerprint density at radius 3 is 2.12 bits per heavy atom. The monoisotopic (exact) mass is 327 g/mol. The minimum atomic E-state index is -1.72. The molecule has 0 aliphatic rings. The van der Waals surface area contributed by atoms with Gasteiger partial charge in [0.1, 0.15) is 12.4 Å². The smallest absolute Gasteiger partial charge is 0.253 e. The van der Waals surface area contributed by atoms with E-state index in [-0.39, 0.29) is 6.61 Å². The van der Waals surface area contributed by atoms with Gasteiger partial charge < -0.3 is 15.6 Å². The van der Waals surface area contributed by atoms with Crippen molar-refractivity contribution in [3.8, 4) is 5.75 Å². The Kier molecular flexibility index (Phi) is 5.62. The zero-order valence-corrected chi connectivity index (χ0v) is 14.5. The summed E-state index contributed by atoms with van der Waals surface area (Å²) in [7, 11) is 0. The third kappa shape index (κ3) is 3.60. The molecule has 0 saturated heterocycles. The summed E-state index contributed by atoms with van der Waals surface area (Å²) in [5.74, 6) is 0.106. The molecule has 0 aliphatic carbocycles. The molecule has 1 amide bonds. The number of rotatable bonds is 7. The number of benzene rings is 2. The van der Waals surface area contributed by atoms with Gasteiger partial charge in [0.15, 0.2) is 5.60 Å². The van der Waals surface area contributed by atoms with Crippen molar-refractivity contribution in [3.63, 3.8) is 0 Å². The van der Waals surface area contributed by atoms with Crippen LogP contribution < -0.4 is 10.5 Å². The molecule has 1 atom stereocenters. The highest BCUT2D eigenvalue weighted by molar-refractivity contribution is 5.84. The molecule has 128 valence electrons. The predicted octanol–water partition coefficient (Wildman–Crippen LogP) is 3.08. The van der Waals surface area contributed by atoms with E-state index in [4.69, 9.17) is 10.5 Å². The summed E-state index contributed by atoms with van der Waals surface area (Å²) in [5.41, 5.74) is 7.13. The summed E-state index contributed by atoms with van der Waals surface area (Å²) in [6.07, 6.45) is 1.76. The van der Waals surface area contributed by atoms with Gasteiger partial charge in [0.05, 0.1) is 0 Å². The molecule has 24 heavy (non-hydrogen) atoms. The van der Waals surface area contributed by atoms with Crippen LogP contribution in [0.15, 0.2) is 42.5 Å². The number of carbonyl (C=O) groups is 1. The Labute approximate surface area is 143 Å². The van der Waals surface area contributed by atoms with Crippen LogP contribution in [-0.4, -0.2) is 11.0 Å². The molecule has 2 aromatic carbocycles. The van der Waals surface area contributed by atoms with Crippen LogP contribution in [-0.2, 0) is 29.8 Å². The Balaban J connectivity index is 2.33. The molecule has 4 heteroatoms. The fourth-order valence-electron chi connectivity index (χ4n) is 2.78. The molecule has 0 saturated carbocycles. The van der Waals surface area contributed by atoms with Gasteiger partial charge in [0, 0.05) is 0 Å². The summed E-state index contributed by atoms with van der Waals surface area (Å²) in [6.45, 7) is 5.86. The van der Waals surface area contributed by atoms with Crippen molar-refractivity contribution in [3.05, 3.63) is 64.7 Å². The van der Waals surface area contributed by atoms with Crippen molar-refractivity contribution in [2.75, 3.05) is 0 Å². The summed E-state index contributed by atoms with van der Waals surface area (Å²) in [4.78, 5) is 11.6. The normalized spacial score (nSPS) is 13.3. The van der Waals surface area contributed by atoms with E-state index in [1.165, 1.54) is 6.92 Å². The number of carbonyl (C=O) groups excluding carboxylic acids is 1. The van der Waals surface area contributed by atoms with Gasteiger partial charge in [0.2, 0.25) is 0 Å². The average Bonchev–Trinajstić information content (AvgIpc) is 2.59. The summed E-state index contributed by atoms with van der Waals surface area (Å²) in [6, 6.07) is 13.3. The SMILES string of the molecule is CCc1cccc(CC)c1OCc1ccccc1C(C)(O)C(N)=O. The van der Waals surface area contributed by atoms with Gasteiger partial charge in [-0.1, -0.05) is 56.3 Å². The second-order valence-corrected chi connectivity index (χ2v) is 5.99. The fourth-order valence-corrected chi connectivity index (χ4v) is 2.78. The highest BCUT2D eigenvalue weighted by Crippen LogP contribution is 2.29. The van der Waals surface area contributed by atoms with Crippen LogP contribution in [0, 0.1) is 0 Å². The van der Waals surface area contributed by atoms with E-state index in [0.29, 0.717) is 5.56 Å². The second kappa shape index (κ2) is 7.49. The van der Waals surface area contributed by atoms with Gasteiger partial charge in [-0.2, -0.15) is 0 Å². The van der Waals surface area contributed by atoms with Crippen LogP contribution in [0.1, 0.15) is 43.0 Å². The Hall–Kier alpha value is -2.33. The molecule has 0 aliphatic heterocycles. The van der Waals surface area contributed by atoms with Crippen LogP contribution in [0.25, 0.3) is 0 Å². The van der Waals surface area contributed by atoms with Crippen molar-refractivity contribution in [2.45, 2.75) is 45.8 Å². The quantitative estimate of drug-likeness (QED) is 0.821. The van der Waals surface area contributed by atoms with E-state index in [0.717, 1.165) is 35.3 Å². The summed E-state index contributed by atoms with van der Waals surface area (Å²) < 4.78 is 6.09. The largest absolute Gasteiger partial charge is 0.488 e. The molecular weight excluding hydrogens is 302 g/mol. The van der Waals surface area contributed by atoms with Crippen molar-refractivity contribution >= 4 is 5.91 Å². The maximum absolute atomic E-state index is 11.6. The van der Waals surface area contributed by atoms with Crippen LogP contribution in [0.2, 0.25) is 0 Å². The topological polar surface area (TPSA) is 72.6 Å². The molecule has 0 aromatic heterocycles. The number of para-hydroxylation sites is 1. The average molecular weight is 327 g/mol. The standard InChI is InChI=1S/C20H25NO3/c1-4-14-10-8-11-15(5-2)18(14)24-13-16-9-6-7-12-17(16)20(3,23)19(21)22/h6-12,23H,4-5,13H2,1-3H3,(H2,21,22). The molecule has 0 spiro atoms. The summed E-state index contributed by atoms with van der Waals surface area (Å²) in [5, 5.41) is 10.4. The lowest BCUT2D eigenvalue weighted by atomic mass is 9.91. The van der Waals surface area contributed by atoms with Crippen LogP contribution >= 0.6 is 0 Å². The van der Waals surface area contributed by atoms with Gasteiger partial charge in [0.25, 0.3) is 5.91 Å². The molecule has 1 unspecified atom stereocenters. The fraction of sp³-hybridized carbons (Fsp3) is 0.350. The second-order valence-electron chi connectivity index (χ2n) is 5.99. The number of ether oxygens (including phenoxy) is 1. The minimum absolute atomic E-state index is 0.267.